The average Bonchev–Trinajstić information content (AvgIpc) is 2.67. The summed E-state index contributed by atoms with van der Waals surface area (Å²) < 4.78 is 8.78. The molecule has 0 fully saturated rings. The Balaban J connectivity index is 2.17. The number of hydrogen-bond acceptors (Lipinski definition) is 3. The third kappa shape index (κ3) is 3.36. The van der Waals surface area contributed by atoms with Crippen LogP contribution in [0.3, 0.4) is 0 Å². The summed E-state index contributed by atoms with van der Waals surface area (Å²) in [4.78, 5) is 0. The zero-order valence-electron chi connectivity index (χ0n) is 11.4. The van der Waals surface area contributed by atoms with E-state index in [1.807, 2.05) is 43.9 Å². The first-order valence-corrected chi connectivity index (χ1v) is 6.95. The van der Waals surface area contributed by atoms with E-state index in [0.717, 1.165) is 33.7 Å². The maximum atomic E-state index is 5.95. The van der Waals surface area contributed by atoms with E-state index in [2.05, 4.69) is 32.4 Å². The minimum atomic E-state index is 0.511. The van der Waals surface area contributed by atoms with Crippen molar-refractivity contribution in [1.82, 2.24) is 15.1 Å². The first kappa shape index (κ1) is 14.1. The van der Waals surface area contributed by atoms with E-state index in [0.29, 0.717) is 6.61 Å². The van der Waals surface area contributed by atoms with Gasteiger partial charge in [0, 0.05) is 19.2 Å². The van der Waals surface area contributed by atoms with Gasteiger partial charge >= 0.3 is 0 Å². The second-order valence-corrected chi connectivity index (χ2v) is 5.30. The van der Waals surface area contributed by atoms with E-state index in [4.69, 9.17) is 4.74 Å². The Morgan fingerprint density at radius 2 is 2.21 bits per heavy atom. The molecule has 1 aromatic heterocycles. The van der Waals surface area contributed by atoms with Crippen LogP contribution < -0.4 is 10.1 Å². The zero-order valence-corrected chi connectivity index (χ0v) is 13.0. The molecule has 5 heteroatoms. The molecule has 0 saturated carbocycles. The number of benzene rings is 1. The van der Waals surface area contributed by atoms with Crippen molar-refractivity contribution in [3.8, 4) is 5.75 Å². The summed E-state index contributed by atoms with van der Waals surface area (Å²) in [6, 6.07) is 8.10. The monoisotopic (exact) mass is 323 g/mol. The summed E-state index contributed by atoms with van der Waals surface area (Å²) in [5.41, 5.74) is 3.20. The van der Waals surface area contributed by atoms with Crippen molar-refractivity contribution in [3.63, 3.8) is 0 Å². The topological polar surface area (TPSA) is 39.1 Å². The minimum Gasteiger partial charge on any atom is -0.486 e. The molecule has 0 radical (unpaired) electrons. The van der Waals surface area contributed by atoms with E-state index in [1.165, 1.54) is 0 Å². The SMILES string of the molecule is CNCc1cccc(Br)c1OCc1cc(C)nn1C. The van der Waals surface area contributed by atoms with Gasteiger partial charge in [0.1, 0.15) is 12.4 Å². The van der Waals surface area contributed by atoms with Crippen LogP contribution in [0.5, 0.6) is 5.75 Å². The number of nitrogens with zero attached hydrogens (tertiary/aromatic N) is 2. The third-order valence-electron chi connectivity index (χ3n) is 2.88. The standard InChI is InChI=1S/C14H18BrN3O/c1-10-7-12(18(3)17-10)9-19-14-11(8-16-2)5-4-6-13(14)15/h4-7,16H,8-9H2,1-3H3. The lowest BCUT2D eigenvalue weighted by molar-refractivity contribution is 0.289. The molecule has 1 N–H and O–H groups in total. The zero-order chi connectivity index (χ0) is 13.8. The first-order chi connectivity index (χ1) is 9.11. The van der Waals surface area contributed by atoms with Crippen molar-refractivity contribution in [2.75, 3.05) is 7.05 Å². The second-order valence-electron chi connectivity index (χ2n) is 4.45. The highest BCUT2D eigenvalue weighted by atomic mass is 79.9. The Morgan fingerprint density at radius 1 is 1.42 bits per heavy atom. The largest absolute Gasteiger partial charge is 0.486 e. The summed E-state index contributed by atoms with van der Waals surface area (Å²) in [5, 5.41) is 7.46. The van der Waals surface area contributed by atoms with E-state index in [9.17, 15) is 0 Å². The van der Waals surface area contributed by atoms with Gasteiger partial charge in [-0.3, -0.25) is 4.68 Å². The number of halogens is 1. The van der Waals surface area contributed by atoms with Crippen LogP contribution in [0, 0.1) is 6.92 Å². The highest BCUT2D eigenvalue weighted by Crippen LogP contribution is 2.29. The van der Waals surface area contributed by atoms with Crippen molar-refractivity contribution < 1.29 is 4.74 Å². The van der Waals surface area contributed by atoms with Gasteiger partial charge < -0.3 is 10.1 Å². The van der Waals surface area contributed by atoms with Crippen LogP contribution in [-0.4, -0.2) is 16.8 Å². The van der Waals surface area contributed by atoms with Crippen molar-refractivity contribution in [1.29, 1.82) is 0 Å². The minimum absolute atomic E-state index is 0.511. The van der Waals surface area contributed by atoms with Gasteiger partial charge in [0.05, 0.1) is 15.9 Å². The summed E-state index contributed by atoms with van der Waals surface area (Å²) in [5.74, 6) is 0.885. The number of aryl methyl sites for hydroxylation is 2. The molecule has 0 bridgehead atoms. The highest BCUT2D eigenvalue weighted by Gasteiger charge is 2.09. The van der Waals surface area contributed by atoms with Crippen molar-refractivity contribution in [3.05, 3.63) is 45.7 Å². The number of ether oxygens (including phenoxy) is 1. The summed E-state index contributed by atoms with van der Waals surface area (Å²) >= 11 is 3.54. The van der Waals surface area contributed by atoms with Gasteiger partial charge in [-0.05, 0) is 42.0 Å². The van der Waals surface area contributed by atoms with Gasteiger partial charge in [0.15, 0.2) is 0 Å². The molecule has 0 aliphatic rings. The molecule has 0 amide bonds. The van der Waals surface area contributed by atoms with Gasteiger partial charge in [-0.2, -0.15) is 5.10 Å². The Labute approximate surface area is 121 Å². The summed E-state index contributed by atoms with van der Waals surface area (Å²) in [6.07, 6.45) is 0. The molecule has 102 valence electrons. The Hall–Kier alpha value is -1.33. The fraction of sp³-hybridized carbons (Fsp3) is 0.357. The van der Waals surface area contributed by atoms with Crippen LogP contribution >= 0.6 is 15.9 Å². The fourth-order valence-electron chi connectivity index (χ4n) is 1.99. The molecule has 0 atom stereocenters. The van der Waals surface area contributed by atoms with E-state index in [1.54, 1.807) is 0 Å². The molecule has 0 aliphatic carbocycles. The molecule has 0 spiro atoms. The Morgan fingerprint density at radius 3 is 2.84 bits per heavy atom. The number of hydrogen-bond donors (Lipinski definition) is 1. The van der Waals surface area contributed by atoms with Crippen LogP contribution in [0.1, 0.15) is 17.0 Å². The van der Waals surface area contributed by atoms with E-state index < -0.39 is 0 Å². The van der Waals surface area contributed by atoms with Crippen LogP contribution in [-0.2, 0) is 20.2 Å². The predicted molar refractivity (Wildman–Crippen MR) is 79.2 cm³/mol. The predicted octanol–water partition coefficient (Wildman–Crippen LogP) is 2.79. The number of rotatable bonds is 5. The van der Waals surface area contributed by atoms with Crippen LogP contribution in [0.15, 0.2) is 28.7 Å². The smallest absolute Gasteiger partial charge is 0.138 e. The second kappa shape index (κ2) is 6.21. The molecule has 0 saturated heterocycles. The van der Waals surface area contributed by atoms with Gasteiger partial charge in [-0.15, -0.1) is 0 Å². The molecular formula is C14H18BrN3O. The molecule has 0 aliphatic heterocycles. The van der Waals surface area contributed by atoms with Crippen LogP contribution in [0.2, 0.25) is 0 Å². The summed E-state index contributed by atoms with van der Waals surface area (Å²) in [6.45, 7) is 3.27. The Bertz CT molecular complexity index is 566. The lowest BCUT2D eigenvalue weighted by Gasteiger charge is -2.13. The molecule has 19 heavy (non-hydrogen) atoms. The molecular weight excluding hydrogens is 306 g/mol. The maximum absolute atomic E-state index is 5.95. The molecule has 2 rings (SSSR count). The lowest BCUT2D eigenvalue weighted by atomic mass is 10.2. The summed E-state index contributed by atoms with van der Waals surface area (Å²) in [7, 11) is 3.86. The highest BCUT2D eigenvalue weighted by molar-refractivity contribution is 9.10. The van der Waals surface area contributed by atoms with Crippen molar-refractivity contribution in [2.45, 2.75) is 20.1 Å². The molecule has 1 heterocycles. The van der Waals surface area contributed by atoms with Crippen LogP contribution in [0.4, 0.5) is 0 Å². The first-order valence-electron chi connectivity index (χ1n) is 6.16. The number of nitrogens with one attached hydrogen (secondary N) is 1. The Kier molecular flexibility index (Phi) is 4.61. The van der Waals surface area contributed by atoms with Gasteiger partial charge in [0.25, 0.3) is 0 Å². The quantitative estimate of drug-likeness (QED) is 0.919. The normalized spacial score (nSPS) is 10.7. The van der Waals surface area contributed by atoms with Crippen molar-refractivity contribution in [2.24, 2.45) is 7.05 Å². The number of aromatic nitrogens is 2. The molecule has 2 aromatic rings. The molecule has 1 aromatic carbocycles. The third-order valence-corrected chi connectivity index (χ3v) is 3.50. The lowest BCUT2D eigenvalue weighted by Crippen LogP contribution is -2.09. The number of para-hydroxylation sites is 1. The van der Waals surface area contributed by atoms with Crippen LogP contribution in [0.25, 0.3) is 0 Å². The van der Waals surface area contributed by atoms with Crippen molar-refractivity contribution >= 4 is 15.9 Å². The average molecular weight is 324 g/mol. The molecule has 0 unspecified atom stereocenters. The fourth-order valence-corrected chi connectivity index (χ4v) is 2.51. The maximum Gasteiger partial charge on any atom is 0.138 e. The van der Waals surface area contributed by atoms with Gasteiger partial charge in [0.2, 0.25) is 0 Å². The van der Waals surface area contributed by atoms with E-state index in [-0.39, 0.29) is 0 Å². The van der Waals surface area contributed by atoms with E-state index >= 15 is 0 Å². The van der Waals surface area contributed by atoms with Gasteiger partial charge in [-0.1, -0.05) is 12.1 Å². The van der Waals surface area contributed by atoms with Gasteiger partial charge in [-0.25, -0.2) is 0 Å². The molecule has 4 nitrogen and oxygen atoms in total.